The number of rotatable bonds is 3. The predicted octanol–water partition coefficient (Wildman–Crippen LogP) is 1.39. The highest BCUT2D eigenvalue weighted by atomic mass is 15.4. The Balaban J connectivity index is 2.45. The van der Waals surface area contributed by atoms with Gasteiger partial charge in [0, 0.05) is 6.42 Å². The molecule has 0 aliphatic carbocycles. The summed E-state index contributed by atoms with van der Waals surface area (Å²) >= 11 is 0. The van der Waals surface area contributed by atoms with Crippen LogP contribution in [0.2, 0.25) is 0 Å². The molecule has 0 unspecified atom stereocenters. The standard InChI is InChI=1S/C12H16N4/c1-9-5-3-4-6-12(9)16-10(2)11(7-8-13)14-15-16/h3-6H,7-8,13H2,1-2H3. The highest BCUT2D eigenvalue weighted by Crippen LogP contribution is 2.15. The summed E-state index contributed by atoms with van der Waals surface area (Å²) in [6.45, 7) is 4.70. The smallest absolute Gasteiger partial charge is 0.0873 e. The molecule has 1 aromatic carbocycles. The maximum absolute atomic E-state index is 5.53. The number of aryl methyl sites for hydroxylation is 1. The number of nitrogens with two attached hydrogens (primary N) is 1. The molecule has 0 atom stereocenters. The maximum atomic E-state index is 5.53. The summed E-state index contributed by atoms with van der Waals surface area (Å²) in [6, 6.07) is 8.14. The van der Waals surface area contributed by atoms with Gasteiger partial charge in [0.25, 0.3) is 0 Å². The molecule has 1 heterocycles. The first-order valence-corrected chi connectivity index (χ1v) is 5.41. The Hall–Kier alpha value is -1.68. The molecule has 2 N–H and O–H groups in total. The molecular formula is C12H16N4. The van der Waals surface area contributed by atoms with Crippen molar-refractivity contribution in [2.45, 2.75) is 20.3 Å². The monoisotopic (exact) mass is 216 g/mol. The van der Waals surface area contributed by atoms with Crippen LogP contribution in [-0.4, -0.2) is 21.5 Å². The number of aromatic nitrogens is 3. The van der Waals surface area contributed by atoms with Crippen LogP contribution < -0.4 is 5.73 Å². The molecule has 0 spiro atoms. The molecule has 0 bridgehead atoms. The Morgan fingerprint density at radius 2 is 2.00 bits per heavy atom. The minimum absolute atomic E-state index is 0.604. The van der Waals surface area contributed by atoms with E-state index in [1.54, 1.807) is 0 Å². The van der Waals surface area contributed by atoms with Gasteiger partial charge < -0.3 is 5.73 Å². The molecule has 0 aliphatic heterocycles. The van der Waals surface area contributed by atoms with Crippen LogP contribution in [0.25, 0.3) is 5.69 Å². The highest BCUT2D eigenvalue weighted by Gasteiger charge is 2.10. The first-order valence-electron chi connectivity index (χ1n) is 5.41. The van der Waals surface area contributed by atoms with E-state index in [0.717, 1.165) is 23.5 Å². The molecule has 0 amide bonds. The molecule has 0 fully saturated rings. The van der Waals surface area contributed by atoms with Gasteiger partial charge in [-0.1, -0.05) is 23.4 Å². The summed E-state index contributed by atoms with van der Waals surface area (Å²) in [4.78, 5) is 0. The summed E-state index contributed by atoms with van der Waals surface area (Å²) in [5.74, 6) is 0. The largest absolute Gasteiger partial charge is 0.330 e. The lowest BCUT2D eigenvalue weighted by molar-refractivity contribution is 0.778. The summed E-state index contributed by atoms with van der Waals surface area (Å²) in [5, 5.41) is 8.33. The van der Waals surface area contributed by atoms with E-state index in [1.807, 2.05) is 29.8 Å². The number of para-hydroxylation sites is 1. The molecule has 0 saturated carbocycles. The molecular weight excluding hydrogens is 200 g/mol. The third-order valence-corrected chi connectivity index (χ3v) is 2.71. The molecule has 84 valence electrons. The van der Waals surface area contributed by atoms with Crippen LogP contribution in [0, 0.1) is 13.8 Å². The van der Waals surface area contributed by atoms with Crippen LogP contribution in [0.3, 0.4) is 0 Å². The van der Waals surface area contributed by atoms with Gasteiger partial charge in [-0.15, -0.1) is 5.10 Å². The second kappa shape index (κ2) is 4.45. The van der Waals surface area contributed by atoms with E-state index in [4.69, 9.17) is 5.73 Å². The number of nitrogens with zero attached hydrogens (tertiary/aromatic N) is 3. The van der Waals surface area contributed by atoms with Crippen molar-refractivity contribution in [3.05, 3.63) is 41.2 Å². The number of hydrogen-bond donors (Lipinski definition) is 1. The second-order valence-corrected chi connectivity index (χ2v) is 3.86. The number of hydrogen-bond acceptors (Lipinski definition) is 3. The van der Waals surface area contributed by atoms with E-state index in [0.29, 0.717) is 6.54 Å². The van der Waals surface area contributed by atoms with Crippen molar-refractivity contribution in [1.29, 1.82) is 0 Å². The van der Waals surface area contributed by atoms with Crippen LogP contribution in [0.1, 0.15) is 17.0 Å². The third-order valence-electron chi connectivity index (χ3n) is 2.71. The van der Waals surface area contributed by atoms with E-state index >= 15 is 0 Å². The van der Waals surface area contributed by atoms with Gasteiger partial charge in [0.15, 0.2) is 0 Å². The Bertz CT molecular complexity index is 488. The molecule has 2 rings (SSSR count). The first kappa shape index (κ1) is 10.8. The fourth-order valence-corrected chi connectivity index (χ4v) is 1.76. The second-order valence-electron chi connectivity index (χ2n) is 3.86. The van der Waals surface area contributed by atoms with E-state index in [9.17, 15) is 0 Å². The molecule has 2 aromatic rings. The number of benzene rings is 1. The summed E-state index contributed by atoms with van der Waals surface area (Å²) in [7, 11) is 0. The van der Waals surface area contributed by atoms with Crippen molar-refractivity contribution in [2.75, 3.05) is 6.54 Å². The average Bonchev–Trinajstić information content (AvgIpc) is 2.62. The molecule has 0 radical (unpaired) electrons. The quantitative estimate of drug-likeness (QED) is 0.843. The Morgan fingerprint density at radius 1 is 1.25 bits per heavy atom. The van der Waals surface area contributed by atoms with E-state index in [1.165, 1.54) is 5.56 Å². The van der Waals surface area contributed by atoms with Crippen LogP contribution in [0.15, 0.2) is 24.3 Å². The predicted molar refractivity (Wildman–Crippen MR) is 63.6 cm³/mol. The highest BCUT2D eigenvalue weighted by molar-refractivity contribution is 5.40. The van der Waals surface area contributed by atoms with Crippen molar-refractivity contribution < 1.29 is 0 Å². The molecule has 1 aromatic heterocycles. The van der Waals surface area contributed by atoms with E-state index in [-0.39, 0.29) is 0 Å². The van der Waals surface area contributed by atoms with Gasteiger partial charge in [-0.05, 0) is 32.0 Å². The molecule has 16 heavy (non-hydrogen) atoms. The summed E-state index contributed by atoms with van der Waals surface area (Å²) in [5.41, 5.74) is 9.85. The van der Waals surface area contributed by atoms with Gasteiger partial charge in [0.05, 0.1) is 17.1 Å². The van der Waals surface area contributed by atoms with Crippen molar-refractivity contribution in [2.24, 2.45) is 5.73 Å². The lowest BCUT2D eigenvalue weighted by Crippen LogP contribution is -2.05. The van der Waals surface area contributed by atoms with Crippen LogP contribution in [0.4, 0.5) is 0 Å². The zero-order valence-electron chi connectivity index (χ0n) is 9.64. The van der Waals surface area contributed by atoms with Gasteiger partial charge in [0.2, 0.25) is 0 Å². The SMILES string of the molecule is Cc1ccccc1-n1nnc(CCN)c1C. The van der Waals surface area contributed by atoms with Gasteiger partial charge in [-0.2, -0.15) is 0 Å². The van der Waals surface area contributed by atoms with Crippen LogP contribution >= 0.6 is 0 Å². The molecule has 4 heteroatoms. The third kappa shape index (κ3) is 1.84. The van der Waals surface area contributed by atoms with Gasteiger partial charge in [-0.3, -0.25) is 0 Å². The zero-order valence-corrected chi connectivity index (χ0v) is 9.64. The van der Waals surface area contributed by atoms with Crippen molar-refractivity contribution >= 4 is 0 Å². The fraction of sp³-hybridized carbons (Fsp3) is 0.333. The van der Waals surface area contributed by atoms with Crippen molar-refractivity contribution in [3.8, 4) is 5.69 Å². The minimum Gasteiger partial charge on any atom is -0.330 e. The van der Waals surface area contributed by atoms with Gasteiger partial charge in [-0.25, -0.2) is 4.68 Å². The normalized spacial score (nSPS) is 10.7. The zero-order chi connectivity index (χ0) is 11.5. The lowest BCUT2D eigenvalue weighted by atomic mass is 10.2. The average molecular weight is 216 g/mol. The van der Waals surface area contributed by atoms with E-state index in [2.05, 4.69) is 23.3 Å². The first-order chi connectivity index (χ1) is 7.74. The maximum Gasteiger partial charge on any atom is 0.0873 e. The van der Waals surface area contributed by atoms with E-state index < -0.39 is 0 Å². The van der Waals surface area contributed by atoms with Crippen molar-refractivity contribution in [1.82, 2.24) is 15.0 Å². The van der Waals surface area contributed by atoms with Gasteiger partial charge >= 0.3 is 0 Å². The molecule has 0 saturated heterocycles. The Morgan fingerprint density at radius 3 is 2.69 bits per heavy atom. The van der Waals surface area contributed by atoms with Gasteiger partial charge in [0.1, 0.15) is 0 Å². The van der Waals surface area contributed by atoms with Crippen LogP contribution in [0.5, 0.6) is 0 Å². The Labute approximate surface area is 95.1 Å². The Kier molecular flexibility index (Phi) is 3.01. The van der Waals surface area contributed by atoms with Crippen molar-refractivity contribution in [3.63, 3.8) is 0 Å². The minimum atomic E-state index is 0.604. The summed E-state index contributed by atoms with van der Waals surface area (Å²) in [6.07, 6.45) is 0.776. The fourth-order valence-electron chi connectivity index (χ4n) is 1.76. The summed E-state index contributed by atoms with van der Waals surface area (Å²) < 4.78 is 1.88. The molecule has 4 nitrogen and oxygen atoms in total. The van der Waals surface area contributed by atoms with Crippen LogP contribution in [-0.2, 0) is 6.42 Å². The lowest BCUT2D eigenvalue weighted by Gasteiger charge is -2.06. The molecule has 0 aliphatic rings. The topological polar surface area (TPSA) is 56.7 Å².